The Morgan fingerprint density at radius 2 is 2.46 bits per heavy atom. The second kappa shape index (κ2) is 3.32. The minimum atomic E-state index is 0.479. The van der Waals surface area contributed by atoms with Crippen LogP contribution in [0.5, 0.6) is 0 Å². The molecule has 0 aliphatic carbocycles. The van der Waals surface area contributed by atoms with Crippen LogP contribution in [0.2, 0.25) is 5.15 Å². The Morgan fingerprint density at radius 3 is 3.23 bits per heavy atom. The summed E-state index contributed by atoms with van der Waals surface area (Å²) in [6.07, 6.45) is 1.73. The number of halogens is 1. The molecular weight excluding hydrogens is 188 g/mol. The fraction of sp³-hybridized carbons (Fsp3) is 0.250. The van der Waals surface area contributed by atoms with Crippen molar-refractivity contribution in [1.82, 2.24) is 20.5 Å². The lowest BCUT2D eigenvalue weighted by Crippen LogP contribution is -2.05. The van der Waals surface area contributed by atoms with Gasteiger partial charge in [0.05, 0.1) is 11.2 Å². The van der Waals surface area contributed by atoms with Crippen LogP contribution in [0.25, 0.3) is 10.9 Å². The molecule has 0 unspecified atom stereocenters. The van der Waals surface area contributed by atoms with E-state index in [2.05, 4.69) is 20.5 Å². The van der Waals surface area contributed by atoms with Gasteiger partial charge in [-0.1, -0.05) is 11.6 Å². The fourth-order valence-corrected chi connectivity index (χ4v) is 1.40. The zero-order chi connectivity index (χ0) is 9.26. The zero-order valence-electron chi connectivity index (χ0n) is 7.13. The lowest BCUT2D eigenvalue weighted by molar-refractivity contribution is 0.789. The topological polar surface area (TPSA) is 53.6 Å². The van der Waals surface area contributed by atoms with Crippen molar-refractivity contribution in [3.8, 4) is 0 Å². The summed E-state index contributed by atoms with van der Waals surface area (Å²) in [5, 5.41) is 11.6. The van der Waals surface area contributed by atoms with E-state index in [9.17, 15) is 0 Å². The molecule has 2 N–H and O–H groups in total. The van der Waals surface area contributed by atoms with E-state index < -0.39 is 0 Å². The van der Waals surface area contributed by atoms with E-state index in [4.69, 9.17) is 11.6 Å². The highest BCUT2D eigenvalue weighted by Gasteiger charge is 2.04. The zero-order valence-corrected chi connectivity index (χ0v) is 7.89. The molecule has 13 heavy (non-hydrogen) atoms. The first kappa shape index (κ1) is 8.47. The Bertz CT molecular complexity index is 423. The normalized spacial score (nSPS) is 10.9. The number of aromatic amines is 1. The third-order valence-corrected chi connectivity index (χ3v) is 2.04. The van der Waals surface area contributed by atoms with Crippen molar-refractivity contribution in [3.63, 3.8) is 0 Å². The van der Waals surface area contributed by atoms with E-state index in [-0.39, 0.29) is 0 Å². The standard InChI is InChI=1S/C8H9ClN4/c1-10-4-7-5-3-11-8(9)2-6(5)12-13-7/h2-3,10H,4H2,1H3,(H,12,13). The minimum absolute atomic E-state index is 0.479. The molecular formula is C8H9ClN4. The molecule has 68 valence electrons. The number of hydrogen-bond donors (Lipinski definition) is 2. The van der Waals surface area contributed by atoms with E-state index in [1.54, 1.807) is 12.3 Å². The monoisotopic (exact) mass is 196 g/mol. The Balaban J connectivity index is 2.55. The lowest BCUT2D eigenvalue weighted by atomic mass is 10.2. The number of hydrogen-bond acceptors (Lipinski definition) is 3. The highest BCUT2D eigenvalue weighted by molar-refractivity contribution is 6.30. The summed E-state index contributed by atoms with van der Waals surface area (Å²) < 4.78 is 0. The van der Waals surface area contributed by atoms with Crippen LogP contribution in [-0.2, 0) is 6.54 Å². The largest absolute Gasteiger partial charge is 0.314 e. The Hall–Kier alpha value is -1.13. The molecule has 0 fully saturated rings. The number of nitrogens with one attached hydrogen (secondary N) is 2. The van der Waals surface area contributed by atoms with Crippen molar-refractivity contribution < 1.29 is 0 Å². The predicted molar refractivity (Wildman–Crippen MR) is 51.7 cm³/mol. The van der Waals surface area contributed by atoms with Gasteiger partial charge >= 0.3 is 0 Å². The van der Waals surface area contributed by atoms with E-state index in [0.29, 0.717) is 5.15 Å². The number of nitrogens with zero attached hydrogens (tertiary/aromatic N) is 2. The summed E-state index contributed by atoms with van der Waals surface area (Å²) >= 11 is 5.73. The molecule has 0 aliphatic heterocycles. The number of rotatable bonds is 2. The van der Waals surface area contributed by atoms with Gasteiger partial charge in [0.1, 0.15) is 5.15 Å². The molecule has 0 spiro atoms. The van der Waals surface area contributed by atoms with Crippen LogP contribution < -0.4 is 5.32 Å². The molecule has 2 aromatic rings. The quantitative estimate of drug-likeness (QED) is 0.713. The molecule has 5 heteroatoms. The van der Waals surface area contributed by atoms with Crippen LogP contribution in [0, 0.1) is 0 Å². The first-order chi connectivity index (χ1) is 6.31. The molecule has 2 heterocycles. The molecule has 2 rings (SSSR count). The minimum Gasteiger partial charge on any atom is -0.314 e. The van der Waals surface area contributed by atoms with Gasteiger partial charge < -0.3 is 5.32 Å². The number of pyridine rings is 1. The number of H-pyrrole nitrogens is 1. The van der Waals surface area contributed by atoms with Gasteiger partial charge in [-0.15, -0.1) is 0 Å². The highest BCUT2D eigenvalue weighted by atomic mass is 35.5. The second-order valence-corrected chi connectivity index (χ2v) is 3.14. The van der Waals surface area contributed by atoms with Crippen LogP contribution in [0.3, 0.4) is 0 Å². The van der Waals surface area contributed by atoms with E-state index in [1.165, 1.54) is 0 Å². The van der Waals surface area contributed by atoms with Crippen LogP contribution in [0.15, 0.2) is 12.3 Å². The first-order valence-corrected chi connectivity index (χ1v) is 4.32. The van der Waals surface area contributed by atoms with Gasteiger partial charge in [-0.05, 0) is 7.05 Å². The van der Waals surface area contributed by atoms with Gasteiger partial charge in [0, 0.05) is 24.2 Å². The van der Waals surface area contributed by atoms with Crippen molar-refractivity contribution in [3.05, 3.63) is 23.1 Å². The molecule has 0 radical (unpaired) electrons. The molecule has 4 nitrogen and oxygen atoms in total. The van der Waals surface area contributed by atoms with Crippen molar-refractivity contribution in [2.45, 2.75) is 6.54 Å². The molecule has 0 aliphatic rings. The highest BCUT2D eigenvalue weighted by Crippen LogP contribution is 2.17. The molecule has 0 bridgehead atoms. The van der Waals surface area contributed by atoms with Crippen LogP contribution in [0.4, 0.5) is 0 Å². The molecule has 2 aromatic heterocycles. The summed E-state index contributed by atoms with van der Waals surface area (Å²) in [4.78, 5) is 4.00. The molecule has 0 aromatic carbocycles. The van der Waals surface area contributed by atoms with E-state index in [1.807, 2.05) is 7.05 Å². The SMILES string of the molecule is CNCc1n[nH]c2cc(Cl)ncc12. The van der Waals surface area contributed by atoms with E-state index >= 15 is 0 Å². The lowest BCUT2D eigenvalue weighted by Gasteiger charge is -1.94. The van der Waals surface area contributed by atoms with Crippen LogP contribution >= 0.6 is 11.6 Å². The first-order valence-electron chi connectivity index (χ1n) is 3.94. The fourth-order valence-electron chi connectivity index (χ4n) is 1.24. The van der Waals surface area contributed by atoms with E-state index in [0.717, 1.165) is 23.1 Å². The summed E-state index contributed by atoms with van der Waals surface area (Å²) in [5.41, 5.74) is 1.88. The average molecular weight is 197 g/mol. The average Bonchev–Trinajstić information content (AvgIpc) is 2.49. The molecule has 0 atom stereocenters. The van der Waals surface area contributed by atoms with Crippen molar-refractivity contribution >= 4 is 22.5 Å². The van der Waals surface area contributed by atoms with Crippen molar-refractivity contribution in [2.75, 3.05) is 7.05 Å². The van der Waals surface area contributed by atoms with Crippen molar-refractivity contribution in [2.24, 2.45) is 0 Å². The van der Waals surface area contributed by atoms with Crippen molar-refractivity contribution in [1.29, 1.82) is 0 Å². The van der Waals surface area contributed by atoms with Gasteiger partial charge in [0.25, 0.3) is 0 Å². The second-order valence-electron chi connectivity index (χ2n) is 2.75. The van der Waals surface area contributed by atoms with Gasteiger partial charge in [0.15, 0.2) is 0 Å². The maximum absolute atomic E-state index is 5.73. The smallest absolute Gasteiger partial charge is 0.131 e. The Morgan fingerprint density at radius 1 is 1.62 bits per heavy atom. The Kier molecular flexibility index (Phi) is 2.16. The summed E-state index contributed by atoms with van der Waals surface area (Å²) in [7, 11) is 1.88. The predicted octanol–water partition coefficient (Wildman–Crippen LogP) is 1.33. The summed E-state index contributed by atoms with van der Waals surface area (Å²) in [6.45, 7) is 0.726. The van der Waals surface area contributed by atoms with Gasteiger partial charge in [-0.3, -0.25) is 5.10 Å². The van der Waals surface area contributed by atoms with Crippen LogP contribution in [0.1, 0.15) is 5.69 Å². The van der Waals surface area contributed by atoms with Gasteiger partial charge in [0.2, 0.25) is 0 Å². The molecule has 0 saturated heterocycles. The third-order valence-electron chi connectivity index (χ3n) is 1.84. The number of aromatic nitrogens is 3. The van der Waals surface area contributed by atoms with Crippen LogP contribution in [-0.4, -0.2) is 22.2 Å². The summed E-state index contributed by atoms with van der Waals surface area (Å²) in [6, 6.07) is 1.77. The van der Waals surface area contributed by atoms with Gasteiger partial charge in [-0.2, -0.15) is 5.10 Å². The number of fused-ring (bicyclic) bond motifs is 1. The van der Waals surface area contributed by atoms with Gasteiger partial charge in [-0.25, -0.2) is 4.98 Å². The molecule has 0 saturated carbocycles. The third kappa shape index (κ3) is 1.50. The Labute approximate surface area is 80.3 Å². The maximum atomic E-state index is 5.73. The summed E-state index contributed by atoms with van der Waals surface area (Å²) in [5.74, 6) is 0. The molecule has 0 amide bonds. The maximum Gasteiger partial charge on any atom is 0.131 e.